The van der Waals surface area contributed by atoms with E-state index in [0.29, 0.717) is 5.41 Å². The van der Waals surface area contributed by atoms with Gasteiger partial charge in [-0.1, -0.05) is 47.0 Å². The van der Waals surface area contributed by atoms with E-state index in [-0.39, 0.29) is 0 Å². The Morgan fingerprint density at radius 1 is 1.23 bits per heavy atom. The average molecular weight is 182 g/mol. The minimum Gasteiger partial charge on any atom is -0.0654 e. The Bertz CT molecular complexity index is 146. The topological polar surface area (TPSA) is 0 Å². The first-order valence-electron chi connectivity index (χ1n) is 6.10. The van der Waals surface area contributed by atoms with Crippen LogP contribution in [0, 0.1) is 17.3 Å². The van der Waals surface area contributed by atoms with Crippen molar-refractivity contribution in [1.82, 2.24) is 0 Å². The molecule has 78 valence electrons. The molecule has 0 radical (unpaired) electrons. The summed E-state index contributed by atoms with van der Waals surface area (Å²) in [5, 5.41) is 0. The van der Waals surface area contributed by atoms with Crippen LogP contribution in [-0.2, 0) is 0 Å². The van der Waals surface area contributed by atoms with Crippen LogP contribution in [0.25, 0.3) is 0 Å². The van der Waals surface area contributed by atoms with E-state index >= 15 is 0 Å². The Hall–Kier alpha value is 0. The van der Waals surface area contributed by atoms with Crippen LogP contribution in [0.5, 0.6) is 0 Å². The fraction of sp³-hybridized carbons (Fsp3) is 1.00. The molecule has 0 N–H and O–H groups in total. The molecule has 1 rings (SSSR count). The highest BCUT2D eigenvalue weighted by atomic mass is 14.4. The zero-order valence-corrected chi connectivity index (χ0v) is 9.90. The van der Waals surface area contributed by atoms with Gasteiger partial charge in [0.1, 0.15) is 0 Å². The molecule has 0 aliphatic heterocycles. The summed E-state index contributed by atoms with van der Waals surface area (Å²) < 4.78 is 0. The van der Waals surface area contributed by atoms with Crippen molar-refractivity contribution in [3.8, 4) is 0 Å². The van der Waals surface area contributed by atoms with E-state index in [2.05, 4.69) is 27.7 Å². The molecule has 0 saturated heterocycles. The lowest BCUT2D eigenvalue weighted by Gasteiger charge is -2.26. The van der Waals surface area contributed by atoms with Gasteiger partial charge in [-0.2, -0.15) is 0 Å². The van der Waals surface area contributed by atoms with Crippen molar-refractivity contribution in [3.63, 3.8) is 0 Å². The third kappa shape index (κ3) is 2.72. The molecule has 0 heteroatoms. The number of unbranched alkanes of at least 4 members (excludes halogenated alkanes) is 1. The Morgan fingerprint density at radius 2 is 1.92 bits per heavy atom. The first kappa shape index (κ1) is 11.1. The van der Waals surface area contributed by atoms with Crippen molar-refractivity contribution in [2.24, 2.45) is 17.3 Å². The molecule has 13 heavy (non-hydrogen) atoms. The summed E-state index contributed by atoms with van der Waals surface area (Å²) in [6, 6.07) is 0. The van der Waals surface area contributed by atoms with Crippen molar-refractivity contribution < 1.29 is 0 Å². The predicted octanol–water partition coefficient (Wildman–Crippen LogP) is 4.64. The summed E-state index contributed by atoms with van der Waals surface area (Å²) in [5.74, 6) is 2.04. The maximum atomic E-state index is 2.48. The van der Waals surface area contributed by atoms with Gasteiger partial charge >= 0.3 is 0 Å². The molecule has 0 bridgehead atoms. The molecule has 1 aliphatic carbocycles. The van der Waals surface area contributed by atoms with Crippen molar-refractivity contribution in [2.45, 2.75) is 66.2 Å². The Morgan fingerprint density at radius 3 is 2.38 bits per heavy atom. The first-order valence-corrected chi connectivity index (χ1v) is 6.10. The van der Waals surface area contributed by atoms with Gasteiger partial charge in [0, 0.05) is 0 Å². The third-order valence-electron chi connectivity index (χ3n) is 4.02. The molecule has 1 fully saturated rings. The lowest BCUT2D eigenvalue weighted by Crippen LogP contribution is -2.16. The third-order valence-corrected chi connectivity index (χ3v) is 4.02. The van der Waals surface area contributed by atoms with Gasteiger partial charge in [-0.25, -0.2) is 0 Å². The molecule has 0 nitrogen and oxygen atoms in total. The van der Waals surface area contributed by atoms with Crippen molar-refractivity contribution in [2.75, 3.05) is 0 Å². The van der Waals surface area contributed by atoms with Gasteiger partial charge in [0.05, 0.1) is 0 Å². The van der Waals surface area contributed by atoms with E-state index in [0.717, 1.165) is 11.8 Å². The van der Waals surface area contributed by atoms with E-state index in [1.54, 1.807) is 0 Å². The summed E-state index contributed by atoms with van der Waals surface area (Å²) >= 11 is 0. The monoisotopic (exact) mass is 182 g/mol. The van der Waals surface area contributed by atoms with Gasteiger partial charge in [-0.05, 0) is 36.5 Å². The summed E-state index contributed by atoms with van der Waals surface area (Å²) in [7, 11) is 0. The summed E-state index contributed by atoms with van der Waals surface area (Å²) in [4.78, 5) is 0. The molecule has 1 aliphatic rings. The summed E-state index contributed by atoms with van der Waals surface area (Å²) in [6.07, 6.45) is 8.64. The quantitative estimate of drug-likeness (QED) is 0.594. The largest absolute Gasteiger partial charge is 0.0654 e. The highest BCUT2D eigenvalue weighted by Crippen LogP contribution is 2.49. The van der Waals surface area contributed by atoms with Gasteiger partial charge in [0.2, 0.25) is 0 Å². The fourth-order valence-corrected chi connectivity index (χ4v) is 2.99. The maximum Gasteiger partial charge on any atom is -0.0323 e. The lowest BCUT2D eigenvalue weighted by atomic mass is 9.79. The first-order chi connectivity index (χ1) is 6.10. The number of hydrogen-bond acceptors (Lipinski definition) is 0. The second-order valence-corrected chi connectivity index (χ2v) is 5.54. The number of rotatable bonds is 4. The van der Waals surface area contributed by atoms with Gasteiger partial charge in [0.15, 0.2) is 0 Å². The van der Waals surface area contributed by atoms with Gasteiger partial charge in [0.25, 0.3) is 0 Å². The molecule has 0 aromatic heterocycles. The van der Waals surface area contributed by atoms with Crippen molar-refractivity contribution in [1.29, 1.82) is 0 Å². The summed E-state index contributed by atoms with van der Waals surface area (Å²) in [6.45, 7) is 9.61. The van der Waals surface area contributed by atoms with E-state index in [9.17, 15) is 0 Å². The van der Waals surface area contributed by atoms with E-state index in [1.165, 1.54) is 38.5 Å². The van der Waals surface area contributed by atoms with Crippen LogP contribution in [0.3, 0.4) is 0 Å². The van der Waals surface area contributed by atoms with Crippen LogP contribution < -0.4 is 0 Å². The molecule has 0 spiro atoms. The number of hydrogen-bond donors (Lipinski definition) is 0. The van der Waals surface area contributed by atoms with Crippen molar-refractivity contribution >= 4 is 0 Å². The van der Waals surface area contributed by atoms with E-state index in [1.807, 2.05) is 0 Å². The molecule has 0 amide bonds. The molecule has 0 aromatic rings. The summed E-state index contributed by atoms with van der Waals surface area (Å²) in [5.41, 5.74) is 0.635. The van der Waals surface area contributed by atoms with Gasteiger partial charge < -0.3 is 0 Å². The molecule has 2 unspecified atom stereocenters. The highest BCUT2D eigenvalue weighted by molar-refractivity contribution is 4.89. The highest BCUT2D eigenvalue weighted by Gasteiger charge is 2.38. The normalized spacial score (nSPS) is 32.3. The van der Waals surface area contributed by atoms with Crippen LogP contribution in [-0.4, -0.2) is 0 Å². The Balaban J connectivity index is 2.44. The minimum atomic E-state index is 0.635. The lowest BCUT2D eigenvalue weighted by molar-refractivity contribution is 0.240. The second-order valence-electron chi connectivity index (χ2n) is 5.54. The van der Waals surface area contributed by atoms with Gasteiger partial charge in [-0.15, -0.1) is 0 Å². The second kappa shape index (κ2) is 4.48. The van der Waals surface area contributed by atoms with Crippen LogP contribution in [0.15, 0.2) is 0 Å². The zero-order valence-electron chi connectivity index (χ0n) is 9.90. The van der Waals surface area contributed by atoms with E-state index in [4.69, 9.17) is 0 Å². The van der Waals surface area contributed by atoms with Crippen LogP contribution >= 0.6 is 0 Å². The fourth-order valence-electron chi connectivity index (χ4n) is 2.99. The molecular formula is C13H26. The molecule has 2 atom stereocenters. The molecular weight excluding hydrogens is 156 g/mol. The molecule has 0 aromatic carbocycles. The van der Waals surface area contributed by atoms with Crippen molar-refractivity contribution in [3.05, 3.63) is 0 Å². The minimum absolute atomic E-state index is 0.635. The molecule has 0 heterocycles. The average Bonchev–Trinajstić information content (AvgIpc) is 2.37. The molecule has 1 saturated carbocycles. The smallest absolute Gasteiger partial charge is 0.0323 e. The van der Waals surface area contributed by atoms with Crippen LogP contribution in [0.1, 0.15) is 66.2 Å². The standard InChI is InChI=1S/C13H26/c1-5-7-8-12-9-11(6-2)10-13(12,3)4/h11-12H,5-10H2,1-4H3. The van der Waals surface area contributed by atoms with Crippen LogP contribution in [0.2, 0.25) is 0 Å². The Kier molecular flexibility index (Phi) is 3.82. The van der Waals surface area contributed by atoms with Crippen LogP contribution in [0.4, 0.5) is 0 Å². The maximum absolute atomic E-state index is 2.48. The van der Waals surface area contributed by atoms with Gasteiger partial charge in [-0.3, -0.25) is 0 Å². The zero-order chi connectivity index (χ0) is 9.90. The Labute approximate surface area is 84.1 Å². The predicted molar refractivity (Wildman–Crippen MR) is 59.8 cm³/mol. The SMILES string of the molecule is CCCCC1CC(CC)CC1(C)C. The van der Waals surface area contributed by atoms with E-state index < -0.39 is 0 Å².